The van der Waals surface area contributed by atoms with E-state index in [1.54, 1.807) is 30.5 Å². The molecule has 1 aromatic carbocycles. The van der Waals surface area contributed by atoms with Crippen LogP contribution in [0, 0.1) is 5.92 Å². The van der Waals surface area contributed by atoms with Crippen molar-refractivity contribution in [1.29, 1.82) is 0 Å². The van der Waals surface area contributed by atoms with Gasteiger partial charge in [-0.1, -0.05) is 0 Å². The van der Waals surface area contributed by atoms with Crippen LogP contribution in [0.2, 0.25) is 0 Å². The fourth-order valence-corrected chi connectivity index (χ4v) is 5.52. The predicted molar refractivity (Wildman–Crippen MR) is 144 cm³/mol. The second-order valence-electron chi connectivity index (χ2n) is 9.94. The average molecular weight is 515 g/mol. The minimum Gasteiger partial charge on any atom is -0.493 e. The number of piperidine rings is 1. The van der Waals surface area contributed by atoms with Gasteiger partial charge in [0.05, 0.1) is 23.9 Å². The highest BCUT2D eigenvalue weighted by Gasteiger charge is 2.30. The Balaban J connectivity index is 1.06. The summed E-state index contributed by atoms with van der Waals surface area (Å²) >= 11 is 0. The summed E-state index contributed by atoms with van der Waals surface area (Å²) in [7, 11) is 0. The molecular formula is C28H30N6O4. The maximum atomic E-state index is 13.4. The number of aromatic amines is 1. The summed E-state index contributed by atoms with van der Waals surface area (Å²) in [5.41, 5.74) is 3.09. The molecule has 1 unspecified atom stereocenters. The van der Waals surface area contributed by atoms with Crippen LogP contribution < -0.4 is 9.64 Å². The fourth-order valence-electron chi connectivity index (χ4n) is 5.52. The maximum Gasteiger partial charge on any atom is 0.335 e. The monoisotopic (exact) mass is 514 g/mol. The molecule has 5 heterocycles. The molecule has 0 aliphatic carbocycles. The topological polar surface area (TPSA) is 115 Å². The number of hydrogen-bond acceptors (Lipinski definition) is 6. The molecule has 10 heteroatoms. The highest BCUT2D eigenvalue weighted by atomic mass is 16.5. The van der Waals surface area contributed by atoms with E-state index in [1.807, 2.05) is 28.3 Å². The predicted octanol–water partition coefficient (Wildman–Crippen LogP) is 3.84. The number of likely N-dealkylation sites (tertiary alicyclic amines) is 1. The number of urea groups is 1. The van der Waals surface area contributed by atoms with E-state index in [0.717, 1.165) is 60.1 Å². The summed E-state index contributed by atoms with van der Waals surface area (Å²) in [5.74, 6) is -0.0659. The number of H-pyrrole nitrogens is 1. The van der Waals surface area contributed by atoms with Crippen molar-refractivity contribution in [2.45, 2.75) is 12.8 Å². The van der Waals surface area contributed by atoms with Crippen molar-refractivity contribution in [2.75, 3.05) is 50.8 Å². The van der Waals surface area contributed by atoms with Crippen molar-refractivity contribution in [3.63, 3.8) is 0 Å². The van der Waals surface area contributed by atoms with Crippen LogP contribution in [0.1, 0.15) is 23.2 Å². The molecule has 1 atom stereocenters. The third-order valence-corrected chi connectivity index (χ3v) is 7.54. The smallest absolute Gasteiger partial charge is 0.335 e. The molecule has 0 bridgehead atoms. The van der Waals surface area contributed by atoms with Crippen LogP contribution in [-0.2, 0) is 0 Å². The van der Waals surface area contributed by atoms with E-state index in [0.29, 0.717) is 32.0 Å². The molecule has 2 fully saturated rings. The Morgan fingerprint density at radius 1 is 1.00 bits per heavy atom. The largest absolute Gasteiger partial charge is 0.493 e. The lowest BCUT2D eigenvalue weighted by molar-refractivity contribution is 0.0696. The molecule has 3 aromatic heterocycles. The van der Waals surface area contributed by atoms with Crippen LogP contribution in [-0.4, -0.2) is 87.7 Å². The molecule has 6 rings (SSSR count). The van der Waals surface area contributed by atoms with Gasteiger partial charge in [-0.25, -0.2) is 19.6 Å². The van der Waals surface area contributed by atoms with E-state index < -0.39 is 5.97 Å². The van der Waals surface area contributed by atoms with Crippen LogP contribution >= 0.6 is 0 Å². The standard InChI is InChI=1S/C28H30N6O4/c35-27(36)20-3-5-21(6-4-20)38-18-19-2-1-11-34(17-19)28(37)33-14-12-32(13-15-33)24-8-10-29-23-16-31-26-22(25(23)24)7-9-30-26/h3-10,16,19,29H,1-2,11-15,17-18H2,(H,35,36). The number of fused-ring (bicyclic) bond motifs is 3. The van der Waals surface area contributed by atoms with E-state index in [1.165, 1.54) is 0 Å². The second kappa shape index (κ2) is 10.2. The number of rotatable bonds is 5. The van der Waals surface area contributed by atoms with E-state index in [-0.39, 0.29) is 17.5 Å². The van der Waals surface area contributed by atoms with Gasteiger partial charge in [0.2, 0.25) is 0 Å². The summed E-state index contributed by atoms with van der Waals surface area (Å²) in [6.45, 7) is 4.78. The molecule has 2 aliphatic rings. The van der Waals surface area contributed by atoms with Gasteiger partial charge in [0.1, 0.15) is 5.75 Å². The number of hydrogen-bond donors (Lipinski definition) is 2. The Bertz CT molecular complexity index is 1460. The Hall–Kier alpha value is -4.34. The summed E-state index contributed by atoms with van der Waals surface area (Å²) in [6.07, 6.45) is 7.51. The van der Waals surface area contributed by atoms with Crippen LogP contribution in [0.25, 0.3) is 21.9 Å². The normalized spacial score (nSPS) is 18.2. The number of nitrogens with one attached hydrogen (secondary N) is 1. The second-order valence-corrected chi connectivity index (χ2v) is 9.94. The Morgan fingerprint density at radius 2 is 1.82 bits per heavy atom. The number of anilines is 1. The van der Waals surface area contributed by atoms with E-state index in [4.69, 9.17) is 9.84 Å². The van der Waals surface area contributed by atoms with Crippen molar-refractivity contribution < 1.29 is 19.4 Å². The van der Waals surface area contributed by atoms with Gasteiger partial charge < -0.3 is 29.5 Å². The lowest BCUT2D eigenvalue weighted by Gasteiger charge is -2.41. The van der Waals surface area contributed by atoms with Crippen molar-refractivity contribution in [1.82, 2.24) is 24.8 Å². The molecule has 2 N–H and O–H groups in total. The van der Waals surface area contributed by atoms with Crippen LogP contribution in [0.4, 0.5) is 10.5 Å². The molecule has 0 saturated carbocycles. The summed E-state index contributed by atoms with van der Waals surface area (Å²) in [4.78, 5) is 42.8. The number of nitrogens with zero attached hydrogens (tertiary/aromatic N) is 5. The van der Waals surface area contributed by atoms with Crippen molar-refractivity contribution >= 4 is 39.6 Å². The minimum atomic E-state index is -0.955. The number of pyridine rings is 2. The molecule has 196 valence electrons. The van der Waals surface area contributed by atoms with Crippen molar-refractivity contribution in [2.24, 2.45) is 5.92 Å². The zero-order valence-corrected chi connectivity index (χ0v) is 21.0. The first-order valence-corrected chi connectivity index (χ1v) is 13.0. The number of carboxylic acids is 1. The first-order valence-electron chi connectivity index (χ1n) is 13.0. The first-order chi connectivity index (χ1) is 18.6. The van der Waals surface area contributed by atoms with Gasteiger partial charge in [-0.05, 0) is 49.2 Å². The highest BCUT2D eigenvalue weighted by Crippen LogP contribution is 2.32. The van der Waals surface area contributed by atoms with E-state index in [2.05, 4.69) is 25.9 Å². The Labute approximate surface area is 219 Å². The SMILES string of the molecule is O=C(O)c1ccc(OCC2CCCN(C(=O)N3CCN(c4cc[nH]c5cnc6nccc6c45)CC3)C2)cc1. The lowest BCUT2D eigenvalue weighted by atomic mass is 9.99. The number of piperazine rings is 1. The number of carbonyl (C=O) groups is 2. The maximum absolute atomic E-state index is 13.4. The molecule has 0 spiro atoms. The zero-order valence-electron chi connectivity index (χ0n) is 21.0. The fraction of sp³-hybridized carbons (Fsp3) is 0.357. The van der Waals surface area contributed by atoms with Gasteiger partial charge in [0.25, 0.3) is 0 Å². The lowest BCUT2D eigenvalue weighted by Crippen LogP contribution is -2.54. The Morgan fingerprint density at radius 3 is 2.61 bits per heavy atom. The van der Waals surface area contributed by atoms with E-state index in [9.17, 15) is 9.59 Å². The van der Waals surface area contributed by atoms with Gasteiger partial charge in [0, 0.05) is 74.0 Å². The highest BCUT2D eigenvalue weighted by molar-refractivity contribution is 6.10. The summed E-state index contributed by atoms with van der Waals surface area (Å²) < 4.78 is 5.91. The van der Waals surface area contributed by atoms with Crippen molar-refractivity contribution in [3.05, 3.63) is 60.6 Å². The molecular weight excluding hydrogens is 484 g/mol. The number of carboxylic acid groups (broad SMARTS) is 1. The van der Waals surface area contributed by atoms with Crippen LogP contribution in [0.3, 0.4) is 0 Å². The molecule has 2 saturated heterocycles. The average Bonchev–Trinajstić information content (AvgIpc) is 3.45. The van der Waals surface area contributed by atoms with E-state index >= 15 is 0 Å². The van der Waals surface area contributed by atoms with Gasteiger partial charge in [0.15, 0.2) is 5.65 Å². The number of aromatic carboxylic acids is 1. The molecule has 0 radical (unpaired) electrons. The number of carbonyl (C=O) groups excluding carboxylic acids is 1. The third kappa shape index (κ3) is 4.69. The van der Waals surface area contributed by atoms with Gasteiger partial charge in [-0.3, -0.25) is 0 Å². The number of amides is 2. The number of aromatic nitrogens is 3. The third-order valence-electron chi connectivity index (χ3n) is 7.54. The zero-order chi connectivity index (χ0) is 26.1. The van der Waals surface area contributed by atoms with Gasteiger partial charge >= 0.3 is 12.0 Å². The quantitative estimate of drug-likeness (QED) is 0.416. The Kier molecular flexibility index (Phi) is 6.45. The number of ether oxygens (including phenoxy) is 1. The summed E-state index contributed by atoms with van der Waals surface area (Å²) in [6, 6.07) is 10.6. The van der Waals surface area contributed by atoms with Crippen LogP contribution in [0.15, 0.2) is 55.0 Å². The summed E-state index contributed by atoms with van der Waals surface area (Å²) in [5, 5.41) is 11.2. The first kappa shape index (κ1) is 24.0. The molecule has 4 aromatic rings. The van der Waals surface area contributed by atoms with Crippen molar-refractivity contribution in [3.8, 4) is 5.75 Å². The molecule has 10 nitrogen and oxygen atoms in total. The minimum absolute atomic E-state index is 0.0956. The molecule has 2 amide bonds. The van der Waals surface area contributed by atoms with Gasteiger partial charge in [-0.15, -0.1) is 0 Å². The molecule has 38 heavy (non-hydrogen) atoms. The molecule has 2 aliphatic heterocycles. The van der Waals surface area contributed by atoms with Gasteiger partial charge in [-0.2, -0.15) is 0 Å². The van der Waals surface area contributed by atoms with Crippen LogP contribution in [0.5, 0.6) is 5.75 Å². The number of benzene rings is 1.